The van der Waals surface area contributed by atoms with Crippen molar-refractivity contribution in [3.05, 3.63) is 45.9 Å². The number of hydrogen-bond acceptors (Lipinski definition) is 4. The fourth-order valence-electron chi connectivity index (χ4n) is 1.73. The Kier molecular flexibility index (Phi) is 4.77. The Labute approximate surface area is 136 Å². The van der Waals surface area contributed by atoms with Gasteiger partial charge < -0.3 is 11.1 Å². The van der Waals surface area contributed by atoms with Crippen LogP contribution >= 0.6 is 27.5 Å². The summed E-state index contributed by atoms with van der Waals surface area (Å²) in [6.45, 7) is 0. The van der Waals surface area contributed by atoms with E-state index in [4.69, 9.17) is 17.3 Å². The summed E-state index contributed by atoms with van der Waals surface area (Å²) in [4.78, 5) is 0.0393. The number of halogens is 2. The summed E-state index contributed by atoms with van der Waals surface area (Å²) in [6, 6.07) is 10.0. The molecule has 2 aromatic carbocycles. The third-order valence-corrected chi connectivity index (χ3v) is 5.07. The van der Waals surface area contributed by atoms with Gasteiger partial charge in [0.1, 0.15) is 4.90 Å². The van der Waals surface area contributed by atoms with Gasteiger partial charge in [0.05, 0.1) is 16.4 Å². The molecule has 112 valence electrons. The van der Waals surface area contributed by atoms with Gasteiger partial charge in [0.2, 0.25) is 10.0 Å². The van der Waals surface area contributed by atoms with E-state index in [1.165, 1.54) is 13.1 Å². The number of nitrogens with one attached hydrogen (secondary N) is 2. The van der Waals surface area contributed by atoms with Gasteiger partial charge in [-0.25, -0.2) is 13.1 Å². The van der Waals surface area contributed by atoms with Crippen molar-refractivity contribution in [1.82, 2.24) is 4.72 Å². The number of hydrogen-bond donors (Lipinski definition) is 3. The minimum absolute atomic E-state index is 0.0393. The largest absolute Gasteiger partial charge is 0.398 e. The first-order chi connectivity index (χ1) is 9.83. The zero-order chi connectivity index (χ0) is 15.6. The van der Waals surface area contributed by atoms with E-state index in [1.807, 2.05) is 6.07 Å². The molecule has 2 aromatic rings. The molecule has 0 saturated heterocycles. The van der Waals surface area contributed by atoms with Gasteiger partial charge in [0.25, 0.3) is 0 Å². The van der Waals surface area contributed by atoms with Gasteiger partial charge in [-0.05, 0) is 43.4 Å². The maximum Gasteiger partial charge on any atom is 0.242 e. The van der Waals surface area contributed by atoms with Crippen LogP contribution in [0.3, 0.4) is 0 Å². The SMILES string of the molecule is CNS(=O)(=O)c1ccc(Nc2ccc(Br)cc2Cl)cc1N. The van der Waals surface area contributed by atoms with Gasteiger partial charge in [-0.1, -0.05) is 27.5 Å². The van der Waals surface area contributed by atoms with E-state index in [1.54, 1.807) is 24.3 Å². The number of nitrogens with two attached hydrogens (primary N) is 1. The Balaban J connectivity index is 2.33. The highest BCUT2D eigenvalue weighted by Gasteiger charge is 2.15. The summed E-state index contributed by atoms with van der Waals surface area (Å²) in [5, 5.41) is 3.63. The summed E-state index contributed by atoms with van der Waals surface area (Å²) in [7, 11) is -2.23. The van der Waals surface area contributed by atoms with Crippen molar-refractivity contribution in [2.75, 3.05) is 18.1 Å². The average Bonchev–Trinajstić information content (AvgIpc) is 2.42. The second-order valence-corrected chi connectivity index (χ2v) is 7.39. The molecule has 0 radical (unpaired) electrons. The molecule has 5 nitrogen and oxygen atoms in total. The minimum atomic E-state index is -3.57. The summed E-state index contributed by atoms with van der Waals surface area (Å²) in [5.41, 5.74) is 7.30. The molecule has 0 aliphatic heterocycles. The highest BCUT2D eigenvalue weighted by Crippen LogP contribution is 2.30. The topological polar surface area (TPSA) is 84.2 Å². The van der Waals surface area contributed by atoms with Crippen molar-refractivity contribution < 1.29 is 8.42 Å². The van der Waals surface area contributed by atoms with E-state index < -0.39 is 10.0 Å². The molecular formula is C13H13BrClN3O2S. The maximum absolute atomic E-state index is 11.7. The summed E-state index contributed by atoms with van der Waals surface area (Å²) in [6.07, 6.45) is 0. The second-order valence-electron chi connectivity index (χ2n) is 4.21. The van der Waals surface area contributed by atoms with Crippen LogP contribution in [0.5, 0.6) is 0 Å². The van der Waals surface area contributed by atoms with Crippen LogP contribution in [0, 0.1) is 0 Å². The molecule has 0 spiro atoms. The van der Waals surface area contributed by atoms with Crippen LogP contribution in [0.2, 0.25) is 5.02 Å². The van der Waals surface area contributed by atoms with Gasteiger partial charge in [0, 0.05) is 10.2 Å². The molecule has 21 heavy (non-hydrogen) atoms. The lowest BCUT2D eigenvalue weighted by atomic mass is 10.2. The van der Waals surface area contributed by atoms with Gasteiger partial charge in [-0.3, -0.25) is 0 Å². The molecule has 0 atom stereocenters. The molecule has 4 N–H and O–H groups in total. The molecule has 0 amide bonds. The Morgan fingerprint density at radius 3 is 2.48 bits per heavy atom. The van der Waals surface area contributed by atoms with Crippen LogP contribution in [-0.4, -0.2) is 15.5 Å². The maximum atomic E-state index is 11.7. The smallest absolute Gasteiger partial charge is 0.242 e. The first-order valence-corrected chi connectivity index (χ1v) is 8.54. The normalized spacial score (nSPS) is 11.4. The Hall–Kier alpha value is -1.28. The molecule has 0 aliphatic rings. The molecule has 8 heteroatoms. The predicted octanol–water partition coefficient (Wildman–Crippen LogP) is 3.34. The van der Waals surface area contributed by atoms with Crippen molar-refractivity contribution in [3.63, 3.8) is 0 Å². The van der Waals surface area contributed by atoms with E-state index >= 15 is 0 Å². The summed E-state index contributed by atoms with van der Waals surface area (Å²) >= 11 is 9.44. The van der Waals surface area contributed by atoms with Crippen molar-refractivity contribution >= 4 is 54.6 Å². The molecule has 0 aliphatic carbocycles. The molecule has 0 unspecified atom stereocenters. The first kappa shape index (κ1) is 16.1. The van der Waals surface area contributed by atoms with E-state index in [-0.39, 0.29) is 10.6 Å². The minimum Gasteiger partial charge on any atom is -0.398 e. The fourth-order valence-corrected chi connectivity index (χ4v) is 3.28. The third-order valence-electron chi connectivity index (χ3n) is 2.78. The van der Waals surface area contributed by atoms with E-state index in [0.29, 0.717) is 16.4 Å². The highest BCUT2D eigenvalue weighted by molar-refractivity contribution is 9.10. The van der Waals surface area contributed by atoms with Crippen LogP contribution < -0.4 is 15.8 Å². The van der Waals surface area contributed by atoms with Gasteiger partial charge in [-0.15, -0.1) is 0 Å². The lowest BCUT2D eigenvalue weighted by Gasteiger charge is -2.11. The average molecular weight is 391 g/mol. The lowest BCUT2D eigenvalue weighted by Crippen LogP contribution is -2.19. The van der Waals surface area contributed by atoms with Crippen LogP contribution in [-0.2, 0) is 10.0 Å². The predicted molar refractivity (Wildman–Crippen MR) is 89.5 cm³/mol. The van der Waals surface area contributed by atoms with Crippen LogP contribution in [0.1, 0.15) is 0 Å². The Morgan fingerprint density at radius 2 is 1.90 bits per heavy atom. The van der Waals surface area contributed by atoms with Crippen LogP contribution in [0.15, 0.2) is 45.8 Å². The van der Waals surface area contributed by atoms with Crippen LogP contribution in [0.25, 0.3) is 0 Å². The third kappa shape index (κ3) is 3.68. The van der Waals surface area contributed by atoms with E-state index in [2.05, 4.69) is 26.0 Å². The molecular weight excluding hydrogens is 378 g/mol. The van der Waals surface area contributed by atoms with Gasteiger partial charge in [0.15, 0.2) is 0 Å². The monoisotopic (exact) mass is 389 g/mol. The quantitative estimate of drug-likeness (QED) is 0.699. The molecule has 0 fully saturated rings. The Morgan fingerprint density at radius 1 is 1.19 bits per heavy atom. The van der Waals surface area contributed by atoms with Crippen molar-refractivity contribution in [2.45, 2.75) is 4.90 Å². The van der Waals surface area contributed by atoms with Gasteiger partial charge >= 0.3 is 0 Å². The number of nitrogen functional groups attached to an aromatic ring is 1. The molecule has 2 rings (SSSR count). The molecule has 0 heterocycles. The number of sulfonamides is 1. The summed E-state index contributed by atoms with van der Waals surface area (Å²) in [5.74, 6) is 0. The standard InChI is InChI=1S/C13H13BrClN3O2S/c1-17-21(19,20)13-5-3-9(7-11(13)16)18-12-4-2-8(14)6-10(12)15/h2-7,17-18H,16H2,1H3. The molecule has 0 bridgehead atoms. The first-order valence-electron chi connectivity index (χ1n) is 5.88. The zero-order valence-electron chi connectivity index (χ0n) is 11.0. The second kappa shape index (κ2) is 6.23. The summed E-state index contributed by atoms with van der Waals surface area (Å²) < 4.78 is 26.6. The number of benzene rings is 2. The van der Waals surface area contributed by atoms with Crippen LogP contribution in [0.4, 0.5) is 17.1 Å². The fraction of sp³-hybridized carbons (Fsp3) is 0.0769. The van der Waals surface area contributed by atoms with Crippen molar-refractivity contribution in [1.29, 1.82) is 0 Å². The van der Waals surface area contributed by atoms with E-state index in [0.717, 1.165) is 4.47 Å². The van der Waals surface area contributed by atoms with Crippen molar-refractivity contribution in [3.8, 4) is 0 Å². The zero-order valence-corrected chi connectivity index (χ0v) is 14.2. The lowest BCUT2D eigenvalue weighted by molar-refractivity contribution is 0.588. The highest BCUT2D eigenvalue weighted by atomic mass is 79.9. The van der Waals surface area contributed by atoms with Crippen molar-refractivity contribution in [2.24, 2.45) is 0 Å². The van der Waals surface area contributed by atoms with Gasteiger partial charge in [-0.2, -0.15) is 0 Å². The Bertz CT molecular complexity index is 781. The van der Waals surface area contributed by atoms with E-state index in [9.17, 15) is 8.42 Å². The number of rotatable bonds is 4. The molecule has 0 aromatic heterocycles. The molecule has 0 saturated carbocycles. The number of anilines is 3.